The minimum absolute atomic E-state index is 0.407. The smallest absolute Gasteiger partial charge is 0.0762 e. The van der Waals surface area contributed by atoms with Crippen molar-refractivity contribution in [2.45, 2.75) is 25.9 Å². The Hall–Kier alpha value is -1.06. The van der Waals surface area contributed by atoms with Gasteiger partial charge in [-0.2, -0.15) is 0 Å². The monoisotopic (exact) mass is 208 g/mol. The summed E-state index contributed by atoms with van der Waals surface area (Å²) in [6.45, 7) is 3.45. The Morgan fingerprint density at radius 3 is 2.87 bits per heavy atom. The predicted molar refractivity (Wildman–Crippen MR) is 63.9 cm³/mol. The molecule has 0 aliphatic heterocycles. The van der Waals surface area contributed by atoms with Gasteiger partial charge in [0.15, 0.2) is 0 Å². The number of benzene rings is 1. The zero-order valence-corrected chi connectivity index (χ0v) is 9.24. The molecule has 0 aliphatic carbocycles. The lowest BCUT2D eigenvalue weighted by Crippen LogP contribution is -2.06. The number of unbranched alkanes of at least 4 members (excludes halogenated alkanes) is 1. The summed E-state index contributed by atoms with van der Waals surface area (Å²) in [7, 11) is 0. The minimum Gasteiger partial charge on any atom is -0.389 e. The first kappa shape index (κ1) is 12.0. The number of aliphatic hydroxyl groups excluding tert-OH is 1. The summed E-state index contributed by atoms with van der Waals surface area (Å²) in [5.74, 6) is 0. The van der Waals surface area contributed by atoms with Crippen molar-refractivity contribution in [2.75, 3.05) is 18.4 Å². The lowest BCUT2D eigenvalue weighted by Gasteiger charge is -2.09. The molecule has 1 unspecified atom stereocenters. The Balaban J connectivity index is 2.43. The molecule has 0 bridgehead atoms. The van der Waals surface area contributed by atoms with Gasteiger partial charge in [-0.05, 0) is 44.0 Å². The van der Waals surface area contributed by atoms with E-state index in [1.54, 1.807) is 6.92 Å². The largest absolute Gasteiger partial charge is 0.389 e. The van der Waals surface area contributed by atoms with Crippen molar-refractivity contribution in [3.63, 3.8) is 0 Å². The number of rotatable bonds is 6. The van der Waals surface area contributed by atoms with Crippen LogP contribution < -0.4 is 11.1 Å². The summed E-state index contributed by atoms with van der Waals surface area (Å²) in [6, 6.07) is 7.87. The van der Waals surface area contributed by atoms with Gasteiger partial charge in [-0.25, -0.2) is 0 Å². The third kappa shape index (κ3) is 4.32. The van der Waals surface area contributed by atoms with Crippen LogP contribution in [0.1, 0.15) is 31.4 Å². The van der Waals surface area contributed by atoms with Crippen molar-refractivity contribution in [1.82, 2.24) is 0 Å². The normalized spacial score (nSPS) is 12.5. The Labute approximate surface area is 91.3 Å². The van der Waals surface area contributed by atoms with Gasteiger partial charge in [-0.3, -0.25) is 0 Å². The number of anilines is 1. The summed E-state index contributed by atoms with van der Waals surface area (Å²) >= 11 is 0. The summed E-state index contributed by atoms with van der Waals surface area (Å²) < 4.78 is 0. The lowest BCUT2D eigenvalue weighted by atomic mass is 10.1. The van der Waals surface area contributed by atoms with E-state index in [1.807, 2.05) is 24.3 Å². The molecular weight excluding hydrogens is 188 g/mol. The van der Waals surface area contributed by atoms with Crippen molar-refractivity contribution in [1.29, 1.82) is 0 Å². The number of hydrogen-bond donors (Lipinski definition) is 3. The fourth-order valence-electron chi connectivity index (χ4n) is 1.41. The maximum absolute atomic E-state index is 9.41. The van der Waals surface area contributed by atoms with Gasteiger partial charge in [-0.15, -0.1) is 0 Å². The Morgan fingerprint density at radius 1 is 1.40 bits per heavy atom. The fraction of sp³-hybridized carbons (Fsp3) is 0.500. The van der Waals surface area contributed by atoms with Crippen LogP contribution in [0.5, 0.6) is 0 Å². The molecule has 0 aliphatic rings. The average Bonchev–Trinajstić information content (AvgIpc) is 2.25. The van der Waals surface area contributed by atoms with Gasteiger partial charge in [0.1, 0.15) is 0 Å². The molecule has 4 N–H and O–H groups in total. The van der Waals surface area contributed by atoms with E-state index < -0.39 is 6.10 Å². The van der Waals surface area contributed by atoms with Crippen LogP contribution in [-0.2, 0) is 0 Å². The summed E-state index contributed by atoms with van der Waals surface area (Å²) in [6.07, 6.45) is 1.72. The molecule has 1 rings (SSSR count). The Kier molecular flexibility index (Phi) is 5.15. The lowest BCUT2D eigenvalue weighted by molar-refractivity contribution is 0.199. The molecule has 0 spiro atoms. The molecule has 1 aromatic rings. The number of nitrogens with two attached hydrogens (primary N) is 1. The van der Waals surface area contributed by atoms with Crippen LogP contribution >= 0.6 is 0 Å². The van der Waals surface area contributed by atoms with Crippen LogP contribution in [0, 0.1) is 0 Å². The quantitative estimate of drug-likeness (QED) is 0.626. The first-order valence-corrected chi connectivity index (χ1v) is 5.46. The van der Waals surface area contributed by atoms with E-state index in [0.717, 1.165) is 37.2 Å². The van der Waals surface area contributed by atoms with E-state index in [2.05, 4.69) is 5.32 Å². The predicted octanol–water partition coefficient (Wildman–Crippen LogP) is 1.89. The van der Waals surface area contributed by atoms with Crippen molar-refractivity contribution in [3.8, 4) is 0 Å². The molecule has 1 atom stereocenters. The molecule has 0 saturated heterocycles. The van der Waals surface area contributed by atoms with E-state index in [0.29, 0.717) is 0 Å². The van der Waals surface area contributed by atoms with Crippen molar-refractivity contribution < 1.29 is 5.11 Å². The number of nitrogens with one attached hydrogen (secondary N) is 1. The van der Waals surface area contributed by atoms with Crippen molar-refractivity contribution in [2.24, 2.45) is 5.73 Å². The van der Waals surface area contributed by atoms with Gasteiger partial charge < -0.3 is 16.2 Å². The Bertz CT molecular complexity index is 287. The van der Waals surface area contributed by atoms with E-state index >= 15 is 0 Å². The van der Waals surface area contributed by atoms with Crippen LogP contribution in [0.2, 0.25) is 0 Å². The second-order valence-corrected chi connectivity index (χ2v) is 3.72. The van der Waals surface area contributed by atoms with E-state index in [4.69, 9.17) is 5.73 Å². The highest BCUT2D eigenvalue weighted by Crippen LogP contribution is 2.16. The summed E-state index contributed by atoms with van der Waals surface area (Å²) in [5, 5.41) is 12.7. The number of aliphatic hydroxyl groups is 1. The highest BCUT2D eigenvalue weighted by atomic mass is 16.3. The topological polar surface area (TPSA) is 58.3 Å². The molecule has 0 fully saturated rings. The molecular formula is C12H20N2O. The molecule has 0 radical (unpaired) electrons. The van der Waals surface area contributed by atoms with E-state index in [-0.39, 0.29) is 0 Å². The molecule has 84 valence electrons. The standard InChI is InChI=1S/C12H20N2O/c1-10(15)11-5-4-6-12(9-11)14-8-3-2-7-13/h4-6,9-10,14-15H,2-3,7-8,13H2,1H3. The molecule has 1 aromatic carbocycles. The molecule has 0 saturated carbocycles. The minimum atomic E-state index is -0.407. The highest BCUT2D eigenvalue weighted by molar-refractivity contribution is 5.46. The molecule has 0 aromatic heterocycles. The zero-order valence-electron chi connectivity index (χ0n) is 9.24. The SMILES string of the molecule is CC(O)c1cccc(NCCCCN)c1. The third-order valence-electron chi connectivity index (χ3n) is 2.33. The van der Waals surface area contributed by atoms with Crippen LogP contribution in [0.3, 0.4) is 0 Å². The van der Waals surface area contributed by atoms with E-state index in [1.165, 1.54) is 0 Å². The van der Waals surface area contributed by atoms with E-state index in [9.17, 15) is 5.11 Å². The van der Waals surface area contributed by atoms with Crippen LogP contribution in [0.4, 0.5) is 5.69 Å². The first-order valence-electron chi connectivity index (χ1n) is 5.46. The zero-order chi connectivity index (χ0) is 11.1. The third-order valence-corrected chi connectivity index (χ3v) is 2.33. The van der Waals surface area contributed by atoms with Gasteiger partial charge in [0.05, 0.1) is 6.10 Å². The molecule has 3 nitrogen and oxygen atoms in total. The van der Waals surface area contributed by atoms with Crippen molar-refractivity contribution in [3.05, 3.63) is 29.8 Å². The highest BCUT2D eigenvalue weighted by Gasteiger charge is 2.00. The van der Waals surface area contributed by atoms with Gasteiger partial charge >= 0.3 is 0 Å². The first-order chi connectivity index (χ1) is 7.24. The fourth-order valence-corrected chi connectivity index (χ4v) is 1.41. The van der Waals surface area contributed by atoms with Gasteiger partial charge in [0.2, 0.25) is 0 Å². The van der Waals surface area contributed by atoms with Crippen LogP contribution in [0.25, 0.3) is 0 Å². The molecule has 3 heteroatoms. The number of hydrogen-bond acceptors (Lipinski definition) is 3. The van der Waals surface area contributed by atoms with Crippen molar-refractivity contribution >= 4 is 5.69 Å². The maximum Gasteiger partial charge on any atom is 0.0762 e. The summed E-state index contributed by atoms with van der Waals surface area (Å²) in [4.78, 5) is 0. The molecule has 0 heterocycles. The molecule has 15 heavy (non-hydrogen) atoms. The maximum atomic E-state index is 9.41. The summed E-state index contributed by atoms with van der Waals surface area (Å²) in [5.41, 5.74) is 7.41. The Morgan fingerprint density at radius 2 is 2.20 bits per heavy atom. The van der Waals surface area contributed by atoms with Gasteiger partial charge in [0, 0.05) is 12.2 Å². The second-order valence-electron chi connectivity index (χ2n) is 3.72. The van der Waals surface area contributed by atoms with Crippen LogP contribution in [0.15, 0.2) is 24.3 Å². The second kappa shape index (κ2) is 6.43. The van der Waals surface area contributed by atoms with Gasteiger partial charge in [-0.1, -0.05) is 12.1 Å². The van der Waals surface area contributed by atoms with Crippen LogP contribution in [-0.4, -0.2) is 18.2 Å². The molecule has 0 amide bonds. The van der Waals surface area contributed by atoms with Gasteiger partial charge in [0.25, 0.3) is 0 Å². The average molecular weight is 208 g/mol.